The molecule has 0 amide bonds. The van der Waals surface area contributed by atoms with E-state index in [-0.39, 0.29) is 0 Å². The SMILES string of the molecule is CCOc1ccc2ccccc2c1[C@@H](C1CCCC1)N1CCNCC1. The molecule has 134 valence electrons. The quantitative estimate of drug-likeness (QED) is 0.876. The molecule has 0 unspecified atom stereocenters. The molecular formula is C22H30N2O. The molecule has 1 aliphatic carbocycles. The second-order valence-electron chi connectivity index (χ2n) is 7.41. The minimum Gasteiger partial charge on any atom is -0.494 e. The summed E-state index contributed by atoms with van der Waals surface area (Å²) < 4.78 is 6.13. The van der Waals surface area contributed by atoms with Crippen LogP contribution < -0.4 is 10.1 Å². The lowest BCUT2D eigenvalue weighted by molar-refractivity contribution is 0.123. The molecule has 4 rings (SSSR count). The maximum atomic E-state index is 6.13. The van der Waals surface area contributed by atoms with Crippen molar-refractivity contribution in [2.45, 2.75) is 38.6 Å². The van der Waals surface area contributed by atoms with Gasteiger partial charge < -0.3 is 10.1 Å². The van der Waals surface area contributed by atoms with Crippen molar-refractivity contribution in [3.05, 3.63) is 42.0 Å². The first-order valence-electron chi connectivity index (χ1n) is 9.97. The van der Waals surface area contributed by atoms with Crippen LogP contribution in [0.15, 0.2) is 36.4 Å². The second kappa shape index (κ2) is 7.76. The summed E-state index contributed by atoms with van der Waals surface area (Å²) in [6, 6.07) is 13.7. The lowest BCUT2D eigenvalue weighted by Crippen LogP contribution is -2.46. The lowest BCUT2D eigenvalue weighted by Gasteiger charge is -2.39. The molecule has 2 fully saturated rings. The van der Waals surface area contributed by atoms with Crippen molar-refractivity contribution in [2.75, 3.05) is 32.8 Å². The van der Waals surface area contributed by atoms with E-state index < -0.39 is 0 Å². The molecule has 1 saturated heterocycles. The summed E-state index contributed by atoms with van der Waals surface area (Å²) in [6.07, 6.45) is 5.46. The first-order chi connectivity index (χ1) is 12.4. The molecule has 1 saturated carbocycles. The number of piperazine rings is 1. The Morgan fingerprint density at radius 2 is 1.84 bits per heavy atom. The Balaban J connectivity index is 1.85. The minimum atomic E-state index is 0.484. The molecule has 3 nitrogen and oxygen atoms in total. The van der Waals surface area contributed by atoms with Crippen LogP contribution in [0.2, 0.25) is 0 Å². The average Bonchev–Trinajstić information content (AvgIpc) is 3.19. The van der Waals surface area contributed by atoms with Crippen molar-refractivity contribution in [2.24, 2.45) is 5.92 Å². The maximum Gasteiger partial charge on any atom is 0.124 e. The van der Waals surface area contributed by atoms with Gasteiger partial charge in [0.15, 0.2) is 0 Å². The Kier molecular flexibility index (Phi) is 5.23. The molecule has 3 heteroatoms. The van der Waals surface area contributed by atoms with Crippen LogP contribution >= 0.6 is 0 Å². The fraction of sp³-hybridized carbons (Fsp3) is 0.545. The molecule has 1 aliphatic heterocycles. The molecule has 25 heavy (non-hydrogen) atoms. The summed E-state index contributed by atoms with van der Waals surface area (Å²) in [7, 11) is 0. The summed E-state index contributed by atoms with van der Waals surface area (Å²) in [6.45, 7) is 7.28. The van der Waals surface area contributed by atoms with Crippen LogP contribution in [0.1, 0.15) is 44.2 Å². The summed E-state index contributed by atoms with van der Waals surface area (Å²) in [5.74, 6) is 1.85. The normalized spacial score (nSPS) is 20.8. The van der Waals surface area contributed by atoms with Gasteiger partial charge in [0, 0.05) is 37.8 Å². The number of fused-ring (bicyclic) bond motifs is 1. The topological polar surface area (TPSA) is 24.5 Å². The molecule has 2 aromatic carbocycles. The molecule has 2 aliphatic rings. The largest absolute Gasteiger partial charge is 0.494 e. The fourth-order valence-electron chi connectivity index (χ4n) is 4.81. The van der Waals surface area contributed by atoms with Crippen molar-refractivity contribution in [3.8, 4) is 5.75 Å². The van der Waals surface area contributed by atoms with Gasteiger partial charge in [0.2, 0.25) is 0 Å². The number of hydrogen-bond donors (Lipinski definition) is 1. The number of nitrogens with one attached hydrogen (secondary N) is 1. The molecule has 0 bridgehead atoms. The first-order valence-corrected chi connectivity index (χ1v) is 9.97. The summed E-state index contributed by atoms with van der Waals surface area (Å²) in [5, 5.41) is 6.23. The van der Waals surface area contributed by atoms with Crippen LogP contribution in [-0.4, -0.2) is 37.7 Å². The molecule has 2 aromatic rings. The summed E-state index contributed by atoms with van der Waals surface area (Å²) in [4.78, 5) is 2.72. The summed E-state index contributed by atoms with van der Waals surface area (Å²) >= 11 is 0. The van der Waals surface area contributed by atoms with Gasteiger partial charge in [0.1, 0.15) is 5.75 Å². The Morgan fingerprint density at radius 3 is 2.60 bits per heavy atom. The number of hydrogen-bond acceptors (Lipinski definition) is 3. The van der Waals surface area contributed by atoms with Crippen molar-refractivity contribution in [1.82, 2.24) is 10.2 Å². The van der Waals surface area contributed by atoms with Gasteiger partial charge >= 0.3 is 0 Å². The maximum absolute atomic E-state index is 6.13. The standard InChI is InChI=1S/C22H30N2O/c1-2-25-20-12-11-17-7-5-6-10-19(17)21(20)22(18-8-3-4-9-18)24-15-13-23-14-16-24/h5-7,10-12,18,22-23H,2-4,8-9,13-16H2,1H3/t22-/m1/s1. The third kappa shape index (κ3) is 3.40. The Bertz CT molecular complexity index is 702. The van der Waals surface area contributed by atoms with Gasteiger partial charge in [0.05, 0.1) is 6.61 Å². The van der Waals surface area contributed by atoms with E-state index in [1.807, 2.05) is 0 Å². The first kappa shape index (κ1) is 16.9. The lowest BCUT2D eigenvalue weighted by atomic mass is 9.86. The van der Waals surface area contributed by atoms with Gasteiger partial charge in [-0.15, -0.1) is 0 Å². The van der Waals surface area contributed by atoms with Gasteiger partial charge in [-0.2, -0.15) is 0 Å². The van der Waals surface area contributed by atoms with Crippen LogP contribution in [0.25, 0.3) is 10.8 Å². The van der Waals surface area contributed by atoms with Crippen molar-refractivity contribution in [1.29, 1.82) is 0 Å². The molecule has 1 N–H and O–H groups in total. The highest BCUT2D eigenvalue weighted by molar-refractivity contribution is 5.88. The summed E-state index contributed by atoms with van der Waals surface area (Å²) in [5.41, 5.74) is 1.44. The zero-order valence-corrected chi connectivity index (χ0v) is 15.3. The minimum absolute atomic E-state index is 0.484. The van der Waals surface area contributed by atoms with E-state index in [2.05, 4.69) is 53.5 Å². The van der Waals surface area contributed by atoms with Crippen LogP contribution in [0, 0.1) is 5.92 Å². The molecule has 0 spiro atoms. The van der Waals surface area contributed by atoms with E-state index in [0.29, 0.717) is 6.04 Å². The van der Waals surface area contributed by atoms with E-state index >= 15 is 0 Å². The van der Waals surface area contributed by atoms with Gasteiger partial charge in [-0.3, -0.25) is 4.90 Å². The smallest absolute Gasteiger partial charge is 0.124 e. The molecule has 1 atom stereocenters. The van der Waals surface area contributed by atoms with Crippen LogP contribution in [0.5, 0.6) is 5.75 Å². The number of ether oxygens (including phenoxy) is 1. The third-order valence-electron chi connectivity index (χ3n) is 5.92. The second-order valence-corrected chi connectivity index (χ2v) is 7.41. The van der Waals surface area contributed by atoms with E-state index in [1.54, 1.807) is 0 Å². The van der Waals surface area contributed by atoms with Gasteiger partial charge in [-0.1, -0.05) is 43.2 Å². The monoisotopic (exact) mass is 338 g/mol. The van der Waals surface area contributed by atoms with Crippen molar-refractivity contribution < 1.29 is 4.74 Å². The zero-order valence-electron chi connectivity index (χ0n) is 15.3. The van der Waals surface area contributed by atoms with E-state index in [9.17, 15) is 0 Å². The van der Waals surface area contributed by atoms with E-state index in [0.717, 1.165) is 44.5 Å². The van der Waals surface area contributed by atoms with Crippen LogP contribution in [0.3, 0.4) is 0 Å². The highest BCUT2D eigenvalue weighted by Crippen LogP contribution is 2.45. The van der Waals surface area contributed by atoms with Gasteiger partial charge in [-0.25, -0.2) is 0 Å². The zero-order chi connectivity index (χ0) is 17.1. The molecule has 0 radical (unpaired) electrons. The number of nitrogens with zero attached hydrogens (tertiary/aromatic N) is 1. The third-order valence-corrected chi connectivity index (χ3v) is 5.92. The van der Waals surface area contributed by atoms with Gasteiger partial charge in [-0.05, 0) is 42.5 Å². The van der Waals surface area contributed by atoms with Crippen LogP contribution in [0.4, 0.5) is 0 Å². The van der Waals surface area contributed by atoms with Crippen molar-refractivity contribution in [3.63, 3.8) is 0 Å². The van der Waals surface area contributed by atoms with E-state index in [4.69, 9.17) is 4.74 Å². The number of benzene rings is 2. The van der Waals surface area contributed by atoms with Gasteiger partial charge in [0.25, 0.3) is 0 Å². The highest BCUT2D eigenvalue weighted by atomic mass is 16.5. The predicted molar refractivity (Wildman–Crippen MR) is 104 cm³/mol. The van der Waals surface area contributed by atoms with Crippen molar-refractivity contribution >= 4 is 10.8 Å². The average molecular weight is 338 g/mol. The fourth-order valence-corrected chi connectivity index (χ4v) is 4.81. The highest BCUT2D eigenvalue weighted by Gasteiger charge is 2.34. The molecule has 0 aromatic heterocycles. The number of rotatable bonds is 5. The Morgan fingerprint density at radius 1 is 1.08 bits per heavy atom. The van der Waals surface area contributed by atoms with E-state index in [1.165, 1.54) is 42.0 Å². The predicted octanol–water partition coefficient (Wildman–Crippen LogP) is 4.38. The van der Waals surface area contributed by atoms with Crippen LogP contribution in [-0.2, 0) is 0 Å². The Labute approximate surface area is 151 Å². The molecule has 1 heterocycles. The molecular weight excluding hydrogens is 308 g/mol. The Hall–Kier alpha value is -1.58.